The molecule has 8 heteroatoms. The molecular weight excluding hydrogens is 356 g/mol. The van der Waals surface area contributed by atoms with Gasteiger partial charge in [-0.3, -0.25) is 0 Å². The maximum Gasteiger partial charge on any atom is 0.129 e. The van der Waals surface area contributed by atoms with Gasteiger partial charge in [0, 0.05) is 53.3 Å². The first-order chi connectivity index (χ1) is 12.6. The molecule has 0 aromatic heterocycles. The summed E-state index contributed by atoms with van der Waals surface area (Å²) in [5, 5.41) is 73.4. The van der Waals surface area contributed by atoms with E-state index in [1.165, 1.54) is 21.0 Å². The molecule has 0 heterocycles. The van der Waals surface area contributed by atoms with Crippen molar-refractivity contribution in [1.82, 2.24) is 0 Å². The number of ether oxygens (including phenoxy) is 1. The Kier molecular flexibility index (Phi) is 4.49. The average Bonchev–Trinajstić information content (AvgIpc) is 2.61. The van der Waals surface area contributed by atoms with E-state index in [4.69, 9.17) is 4.74 Å². The first-order valence-corrected chi connectivity index (χ1v) is 8.29. The van der Waals surface area contributed by atoms with Gasteiger partial charge >= 0.3 is 0 Å². The van der Waals surface area contributed by atoms with Gasteiger partial charge < -0.3 is 40.5 Å². The predicted molar refractivity (Wildman–Crippen MR) is 92.4 cm³/mol. The zero-order valence-electron chi connectivity index (χ0n) is 15.0. The number of hydrogen-bond acceptors (Lipinski definition) is 8. The summed E-state index contributed by atoms with van der Waals surface area (Å²) in [5.74, 6) is -4.30. The van der Waals surface area contributed by atoms with Gasteiger partial charge in [-0.25, -0.2) is 0 Å². The lowest BCUT2D eigenvalue weighted by Crippen LogP contribution is -2.59. The second kappa shape index (κ2) is 6.40. The van der Waals surface area contributed by atoms with Gasteiger partial charge in [-0.05, 0) is 13.8 Å². The minimum atomic E-state index is -1.48. The highest BCUT2D eigenvalue weighted by Crippen LogP contribution is 2.57. The minimum Gasteiger partial charge on any atom is -0.851 e. The molecule has 146 valence electrons. The van der Waals surface area contributed by atoms with Crippen molar-refractivity contribution < 1.29 is 40.5 Å². The monoisotopic (exact) mass is 377 g/mol. The fraction of sp³-hybridized carbons (Fsp3) is 0.368. The van der Waals surface area contributed by atoms with E-state index in [0.29, 0.717) is 0 Å². The van der Waals surface area contributed by atoms with Crippen LogP contribution in [0.2, 0.25) is 0 Å². The van der Waals surface area contributed by atoms with E-state index < -0.39 is 47.0 Å². The molecule has 8 nitrogen and oxygen atoms in total. The summed E-state index contributed by atoms with van der Waals surface area (Å²) >= 11 is 0. The molecular formula is C19H21O8-. The Hall–Kier alpha value is -2.84. The van der Waals surface area contributed by atoms with Crippen molar-refractivity contribution in [2.24, 2.45) is 0 Å². The first kappa shape index (κ1) is 18.9. The molecule has 2 aromatic rings. The largest absolute Gasteiger partial charge is 0.851 e. The molecule has 27 heavy (non-hydrogen) atoms. The van der Waals surface area contributed by atoms with Crippen LogP contribution in [-0.2, 0) is 4.74 Å². The fourth-order valence-corrected chi connectivity index (χ4v) is 3.80. The highest BCUT2D eigenvalue weighted by atomic mass is 16.5. The van der Waals surface area contributed by atoms with E-state index in [1.807, 2.05) is 0 Å². The standard InChI is InChI=1S/C19H21O8/c1-6-8(20)4-10(22)12(16(6)24)14-18(26)15(19(14)27-3)13-11(23)5-9(21)7(2)17(13)25/h4-5,14-15,18-25H,1-3H3/q-1. The summed E-state index contributed by atoms with van der Waals surface area (Å²) in [6, 6.07) is 2.08. The SMILES string of the molecule is COC1C(c2c(O)cc(O)c(C)c2O)C([O-])C1c1c(O)cc(O)c(C)c1O. The van der Waals surface area contributed by atoms with E-state index in [0.717, 1.165) is 12.1 Å². The molecule has 3 rings (SSSR count). The summed E-state index contributed by atoms with van der Waals surface area (Å²) < 4.78 is 5.38. The molecule has 0 saturated heterocycles. The molecule has 6 N–H and O–H groups in total. The lowest BCUT2D eigenvalue weighted by Gasteiger charge is -2.56. The Morgan fingerprint density at radius 2 is 1.11 bits per heavy atom. The number of phenols is 6. The summed E-state index contributed by atoms with van der Waals surface area (Å²) in [6.07, 6.45) is -2.34. The van der Waals surface area contributed by atoms with Gasteiger partial charge in [0.15, 0.2) is 0 Å². The zero-order chi connectivity index (χ0) is 20.2. The molecule has 0 bridgehead atoms. The zero-order valence-corrected chi connectivity index (χ0v) is 15.0. The van der Waals surface area contributed by atoms with Crippen molar-refractivity contribution >= 4 is 0 Å². The van der Waals surface area contributed by atoms with Crippen LogP contribution >= 0.6 is 0 Å². The van der Waals surface area contributed by atoms with Gasteiger partial charge in [-0.15, -0.1) is 6.10 Å². The van der Waals surface area contributed by atoms with Gasteiger partial charge in [-0.1, -0.05) is 0 Å². The van der Waals surface area contributed by atoms with E-state index in [2.05, 4.69) is 0 Å². The third kappa shape index (κ3) is 2.60. The van der Waals surface area contributed by atoms with Gasteiger partial charge in [0.05, 0.1) is 6.10 Å². The van der Waals surface area contributed by atoms with Crippen LogP contribution in [-0.4, -0.2) is 50.0 Å². The number of rotatable bonds is 3. The van der Waals surface area contributed by atoms with Crippen LogP contribution in [0.3, 0.4) is 0 Å². The van der Waals surface area contributed by atoms with Crippen LogP contribution in [0, 0.1) is 13.8 Å². The lowest BCUT2D eigenvalue weighted by atomic mass is 9.62. The van der Waals surface area contributed by atoms with E-state index in [1.54, 1.807) is 0 Å². The second-order valence-corrected chi connectivity index (χ2v) is 6.82. The Balaban J connectivity index is 2.10. The smallest absolute Gasteiger partial charge is 0.129 e. The summed E-state index contributed by atoms with van der Waals surface area (Å²) in [7, 11) is 1.33. The van der Waals surface area contributed by atoms with Crippen molar-refractivity contribution in [3.05, 3.63) is 34.4 Å². The molecule has 0 amide bonds. The van der Waals surface area contributed by atoms with Gasteiger partial charge in [0.25, 0.3) is 0 Å². The maximum absolute atomic E-state index is 13.0. The molecule has 1 aliphatic rings. The molecule has 0 aliphatic heterocycles. The van der Waals surface area contributed by atoms with E-state index in [9.17, 15) is 35.7 Å². The number of phenolic OH excluding ortho intramolecular Hbond substituents is 6. The molecule has 1 aliphatic carbocycles. The van der Waals surface area contributed by atoms with Gasteiger partial charge in [-0.2, -0.15) is 0 Å². The van der Waals surface area contributed by atoms with Crippen LogP contribution < -0.4 is 5.11 Å². The quantitative estimate of drug-likeness (QED) is 0.466. The Labute approximate surface area is 155 Å². The van der Waals surface area contributed by atoms with Gasteiger partial charge in [0.1, 0.15) is 34.5 Å². The molecule has 2 unspecified atom stereocenters. The van der Waals surface area contributed by atoms with Crippen LogP contribution in [0.15, 0.2) is 12.1 Å². The highest BCUT2D eigenvalue weighted by molar-refractivity contribution is 5.61. The van der Waals surface area contributed by atoms with Crippen molar-refractivity contribution in [2.45, 2.75) is 37.9 Å². The molecule has 0 spiro atoms. The number of hydrogen-bond donors (Lipinski definition) is 6. The highest BCUT2D eigenvalue weighted by Gasteiger charge is 2.50. The van der Waals surface area contributed by atoms with E-state index >= 15 is 0 Å². The minimum absolute atomic E-state index is 0.0529. The van der Waals surface area contributed by atoms with Crippen LogP contribution in [0.25, 0.3) is 0 Å². The molecule has 1 fully saturated rings. The third-order valence-corrected chi connectivity index (χ3v) is 5.44. The van der Waals surface area contributed by atoms with Crippen LogP contribution in [0.1, 0.15) is 34.1 Å². The number of benzene rings is 2. The average molecular weight is 377 g/mol. The Morgan fingerprint density at radius 1 is 0.741 bits per heavy atom. The van der Waals surface area contributed by atoms with Crippen molar-refractivity contribution in [3.63, 3.8) is 0 Å². The van der Waals surface area contributed by atoms with Crippen LogP contribution in [0.4, 0.5) is 0 Å². The Bertz CT molecular complexity index is 836. The molecule has 2 aromatic carbocycles. The lowest BCUT2D eigenvalue weighted by molar-refractivity contribution is -0.463. The maximum atomic E-state index is 13.0. The van der Waals surface area contributed by atoms with Crippen molar-refractivity contribution in [1.29, 1.82) is 0 Å². The molecule has 0 radical (unpaired) electrons. The first-order valence-electron chi connectivity index (χ1n) is 8.29. The number of aromatic hydroxyl groups is 6. The number of methoxy groups -OCH3 is 1. The van der Waals surface area contributed by atoms with Crippen molar-refractivity contribution in [2.75, 3.05) is 7.11 Å². The molecule has 2 atom stereocenters. The molecule has 1 saturated carbocycles. The normalized spacial score (nSPS) is 24.6. The fourth-order valence-electron chi connectivity index (χ4n) is 3.80. The van der Waals surface area contributed by atoms with Crippen LogP contribution in [0.5, 0.6) is 34.5 Å². The predicted octanol–water partition coefficient (Wildman–Crippen LogP) is 1.16. The Morgan fingerprint density at radius 3 is 1.44 bits per heavy atom. The third-order valence-electron chi connectivity index (χ3n) is 5.44. The second-order valence-electron chi connectivity index (χ2n) is 6.82. The summed E-state index contributed by atoms with van der Waals surface area (Å²) in [4.78, 5) is 0. The van der Waals surface area contributed by atoms with E-state index in [-0.39, 0.29) is 33.8 Å². The summed E-state index contributed by atoms with van der Waals surface area (Å²) in [5.41, 5.74) is 0.115. The van der Waals surface area contributed by atoms with Gasteiger partial charge in [0.2, 0.25) is 0 Å². The van der Waals surface area contributed by atoms with Crippen molar-refractivity contribution in [3.8, 4) is 34.5 Å². The summed E-state index contributed by atoms with van der Waals surface area (Å²) in [6.45, 7) is 2.87. The topological polar surface area (TPSA) is 154 Å².